The third-order valence-corrected chi connectivity index (χ3v) is 2.65. The van der Waals surface area contributed by atoms with E-state index in [1.807, 2.05) is 6.92 Å². The van der Waals surface area contributed by atoms with E-state index < -0.39 is 0 Å². The van der Waals surface area contributed by atoms with E-state index in [0.29, 0.717) is 10.3 Å². The first-order chi connectivity index (χ1) is 7.20. The van der Waals surface area contributed by atoms with Gasteiger partial charge in [-0.1, -0.05) is 6.92 Å². The maximum atomic E-state index is 13.0. The van der Waals surface area contributed by atoms with E-state index in [0.717, 1.165) is 17.8 Å². The van der Waals surface area contributed by atoms with Crippen molar-refractivity contribution in [2.75, 3.05) is 0 Å². The average molecular weight is 270 g/mol. The molecule has 2 aromatic rings. The van der Waals surface area contributed by atoms with E-state index in [4.69, 9.17) is 0 Å². The van der Waals surface area contributed by atoms with Gasteiger partial charge in [-0.25, -0.2) is 9.37 Å². The first-order valence-electron chi connectivity index (χ1n) is 4.57. The lowest BCUT2D eigenvalue weighted by atomic mass is 10.2. The number of hydrogen-bond donors (Lipinski definition) is 1. The Morgan fingerprint density at radius 1 is 1.47 bits per heavy atom. The highest BCUT2D eigenvalue weighted by Gasteiger charge is 2.07. The average Bonchev–Trinajstić information content (AvgIpc) is 2.70. The fourth-order valence-corrected chi connectivity index (χ4v) is 1.60. The second kappa shape index (κ2) is 4.10. The van der Waals surface area contributed by atoms with Crippen molar-refractivity contribution in [3.8, 4) is 11.4 Å². The van der Waals surface area contributed by atoms with Gasteiger partial charge >= 0.3 is 0 Å². The van der Waals surface area contributed by atoms with Crippen LogP contribution in [0.25, 0.3) is 11.4 Å². The highest BCUT2D eigenvalue weighted by Crippen LogP contribution is 2.22. The molecule has 0 aliphatic carbocycles. The van der Waals surface area contributed by atoms with Gasteiger partial charge in [0.05, 0.1) is 4.47 Å². The second-order valence-corrected chi connectivity index (χ2v) is 3.94. The molecule has 1 aromatic heterocycles. The summed E-state index contributed by atoms with van der Waals surface area (Å²) in [6.07, 6.45) is 0.801. The molecule has 78 valence electrons. The fourth-order valence-electron chi connectivity index (χ4n) is 1.22. The van der Waals surface area contributed by atoms with Crippen LogP contribution in [0.1, 0.15) is 12.7 Å². The van der Waals surface area contributed by atoms with Gasteiger partial charge in [0, 0.05) is 12.0 Å². The minimum atomic E-state index is -0.287. The molecule has 0 aliphatic rings. The smallest absolute Gasteiger partial charge is 0.181 e. The van der Waals surface area contributed by atoms with Crippen LogP contribution in [0.3, 0.4) is 0 Å². The largest absolute Gasteiger partial charge is 0.263 e. The molecule has 0 bridgehead atoms. The highest BCUT2D eigenvalue weighted by atomic mass is 79.9. The van der Waals surface area contributed by atoms with Crippen LogP contribution in [-0.4, -0.2) is 15.2 Å². The van der Waals surface area contributed by atoms with Gasteiger partial charge in [-0.15, -0.1) is 0 Å². The molecule has 5 heteroatoms. The van der Waals surface area contributed by atoms with E-state index >= 15 is 0 Å². The van der Waals surface area contributed by atoms with Crippen molar-refractivity contribution in [2.45, 2.75) is 13.3 Å². The van der Waals surface area contributed by atoms with E-state index in [-0.39, 0.29) is 5.82 Å². The van der Waals surface area contributed by atoms with Crippen LogP contribution in [0.5, 0.6) is 0 Å². The maximum absolute atomic E-state index is 13.0. The standard InChI is InChI=1S/C10H9BrFN3/c1-2-9-13-10(15-14-9)6-3-4-8(12)7(11)5-6/h3-5H,2H2,1H3,(H,13,14,15). The number of H-pyrrole nitrogens is 1. The SMILES string of the molecule is CCc1nc(-c2ccc(F)c(Br)c2)n[nH]1. The third kappa shape index (κ3) is 2.07. The summed E-state index contributed by atoms with van der Waals surface area (Å²) in [5, 5.41) is 6.87. The lowest BCUT2D eigenvalue weighted by molar-refractivity contribution is 0.621. The van der Waals surface area contributed by atoms with E-state index in [1.54, 1.807) is 12.1 Å². The number of halogens is 2. The normalized spacial score (nSPS) is 10.6. The van der Waals surface area contributed by atoms with Gasteiger partial charge in [-0.2, -0.15) is 5.10 Å². The molecule has 0 spiro atoms. The van der Waals surface area contributed by atoms with Crippen LogP contribution >= 0.6 is 15.9 Å². The Morgan fingerprint density at radius 2 is 2.27 bits per heavy atom. The zero-order chi connectivity index (χ0) is 10.8. The Morgan fingerprint density at radius 3 is 2.87 bits per heavy atom. The molecule has 0 amide bonds. The summed E-state index contributed by atoms with van der Waals surface area (Å²) in [4.78, 5) is 4.26. The Kier molecular flexibility index (Phi) is 2.81. The molecule has 0 saturated heterocycles. The van der Waals surface area contributed by atoms with Crippen molar-refractivity contribution in [3.05, 3.63) is 34.3 Å². The lowest BCUT2D eigenvalue weighted by Gasteiger charge is -1.97. The van der Waals surface area contributed by atoms with Crippen molar-refractivity contribution in [3.63, 3.8) is 0 Å². The molecule has 1 aromatic carbocycles. The first-order valence-corrected chi connectivity index (χ1v) is 5.36. The molecule has 0 atom stereocenters. The van der Waals surface area contributed by atoms with Gasteiger partial charge in [-0.3, -0.25) is 5.10 Å². The van der Waals surface area contributed by atoms with Crippen molar-refractivity contribution in [2.24, 2.45) is 0 Å². The summed E-state index contributed by atoms with van der Waals surface area (Å²) in [5.74, 6) is 1.13. The molecule has 1 N–H and O–H groups in total. The summed E-state index contributed by atoms with van der Waals surface area (Å²) in [6.45, 7) is 1.99. The van der Waals surface area contributed by atoms with Gasteiger partial charge in [-0.05, 0) is 34.1 Å². The van der Waals surface area contributed by atoms with Crippen molar-refractivity contribution in [1.29, 1.82) is 0 Å². The molecule has 3 nitrogen and oxygen atoms in total. The van der Waals surface area contributed by atoms with Crippen molar-refractivity contribution < 1.29 is 4.39 Å². The molecular weight excluding hydrogens is 261 g/mol. The Hall–Kier alpha value is -1.23. The minimum Gasteiger partial charge on any atom is -0.263 e. The van der Waals surface area contributed by atoms with Crippen molar-refractivity contribution >= 4 is 15.9 Å². The van der Waals surface area contributed by atoms with Crippen LogP contribution in [0.4, 0.5) is 4.39 Å². The predicted octanol–water partition coefficient (Wildman–Crippen LogP) is 2.94. The summed E-state index contributed by atoms with van der Waals surface area (Å²) in [5.41, 5.74) is 0.791. The van der Waals surface area contributed by atoms with E-state index in [1.165, 1.54) is 6.07 Å². The summed E-state index contributed by atoms with van der Waals surface area (Å²) >= 11 is 3.13. The molecule has 2 rings (SSSR count). The van der Waals surface area contributed by atoms with Gasteiger partial charge in [0.25, 0.3) is 0 Å². The molecule has 15 heavy (non-hydrogen) atoms. The van der Waals surface area contributed by atoms with Gasteiger partial charge < -0.3 is 0 Å². The molecule has 0 saturated carbocycles. The summed E-state index contributed by atoms with van der Waals surface area (Å²) in [6, 6.07) is 4.71. The van der Waals surface area contributed by atoms with Crippen LogP contribution in [-0.2, 0) is 6.42 Å². The number of nitrogens with zero attached hydrogens (tertiary/aromatic N) is 2. The molecule has 0 radical (unpaired) electrons. The third-order valence-electron chi connectivity index (χ3n) is 2.04. The molecule has 0 unspecified atom stereocenters. The summed E-state index contributed by atoms with van der Waals surface area (Å²) < 4.78 is 13.4. The lowest BCUT2D eigenvalue weighted by Crippen LogP contribution is -1.84. The zero-order valence-electron chi connectivity index (χ0n) is 8.09. The van der Waals surface area contributed by atoms with Crippen LogP contribution in [0.2, 0.25) is 0 Å². The van der Waals surface area contributed by atoms with Gasteiger partial charge in [0.2, 0.25) is 0 Å². The maximum Gasteiger partial charge on any atom is 0.181 e. The topological polar surface area (TPSA) is 41.6 Å². The van der Waals surface area contributed by atoms with E-state index in [9.17, 15) is 4.39 Å². The molecular formula is C10H9BrFN3. The van der Waals surface area contributed by atoms with Gasteiger partial charge in [0.1, 0.15) is 11.6 Å². The fraction of sp³-hybridized carbons (Fsp3) is 0.200. The van der Waals surface area contributed by atoms with Crippen LogP contribution in [0, 0.1) is 5.82 Å². The molecule has 1 heterocycles. The number of nitrogens with one attached hydrogen (secondary N) is 1. The van der Waals surface area contributed by atoms with Crippen LogP contribution < -0.4 is 0 Å². The van der Waals surface area contributed by atoms with Crippen molar-refractivity contribution in [1.82, 2.24) is 15.2 Å². The number of rotatable bonds is 2. The summed E-state index contributed by atoms with van der Waals surface area (Å²) in [7, 11) is 0. The van der Waals surface area contributed by atoms with E-state index in [2.05, 4.69) is 31.1 Å². The highest BCUT2D eigenvalue weighted by molar-refractivity contribution is 9.10. The number of hydrogen-bond acceptors (Lipinski definition) is 2. The number of aryl methyl sites for hydroxylation is 1. The number of aromatic amines is 1. The Bertz CT molecular complexity index is 481. The number of aromatic nitrogens is 3. The minimum absolute atomic E-state index is 0.287. The monoisotopic (exact) mass is 269 g/mol. The zero-order valence-corrected chi connectivity index (χ0v) is 9.68. The second-order valence-electron chi connectivity index (χ2n) is 3.09. The molecule has 0 aliphatic heterocycles. The molecule has 0 fully saturated rings. The Labute approximate surface area is 94.9 Å². The predicted molar refractivity (Wildman–Crippen MR) is 58.9 cm³/mol. The first kappa shape index (κ1) is 10.3. The van der Waals surface area contributed by atoms with Crippen LogP contribution in [0.15, 0.2) is 22.7 Å². The van der Waals surface area contributed by atoms with Gasteiger partial charge in [0.15, 0.2) is 5.82 Å². The quantitative estimate of drug-likeness (QED) is 0.911. The number of benzene rings is 1. The Balaban J connectivity index is 2.40.